The number of carbonyl (C=O) groups is 2. The number of carboxylic acid groups (broad SMARTS) is 1. The van der Waals surface area contributed by atoms with Crippen molar-refractivity contribution in [3.8, 4) is 0 Å². The van der Waals surface area contributed by atoms with E-state index in [9.17, 15) is 19.7 Å². The molecule has 0 fully saturated rings. The summed E-state index contributed by atoms with van der Waals surface area (Å²) in [5, 5.41) is 21.9. The maximum Gasteiger partial charge on any atom is 0.335 e. The normalized spacial score (nSPS) is 10.0. The number of nitro benzene ring substituents is 1. The Balaban J connectivity index is 2.18. The van der Waals surface area contributed by atoms with Crippen molar-refractivity contribution in [3.05, 3.63) is 68.7 Å². The van der Waals surface area contributed by atoms with Crippen molar-refractivity contribution >= 4 is 34.9 Å². The molecule has 2 N–H and O–H groups in total. The molecule has 0 atom stereocenters. The van der Waals surface area contributed by atoms with Crippen LogP contribution in [0.3, 0.4) is 0 Å². The largest absolute Gasteiger partial charge is 0.478 e. The topological polar surface area (TPSA) is 110 Å². The summed E-state index contributed by atoms with van der Waals surface area (Å²) in [6.45, 7) is 0. The van der Waals surface area contributed by atoms with Crippen LogP contribution in [0.25, 0.3) is 0 Å². The maximum absolute atomic E-state index is 12.1. The molecule has 0 saturated heterocycles. The Hall–Kier alpha value is -2.93. The molecule has 1 amide bonds. The molecule has 22 heavy (non-hydrogen) atoms. The molecule has 0 radical (unpaired) electrons. The van der Waals surface area contributed by atoms with Gasteiger partial charge in [0, 0.05) is 17.8 Å². The lowest BCUT2D eigenvalue weighted by Gasteiger charge is -2.07. The molecule has 0 aliphatic carbocycles. The molecule has 7 nitrogen and oxygen atoms in total. The minimum atomic E-state index is -1.07. The number of amides is 1. The molecule has 112 valence electrons. The number of non-ortho nitro benzene ring substituents is 1. The Morgan fingerprint density at radius 1 is 1.14 bits per heavy atom. The predicted molar refractivity (Wildman–Crippen MR) is 79.5 cm³/mol. The Labute approximate surface area is 129 Å². The number of nitro groups is 1. The van der Waals surface area contributed by atoms with Crippen LogP contribution in [0.15, 0.2) is 42.5 Å². The summed E-state index contributed by atoms with van der Waals surface area (Å²) in [6, 6.07) is 9.06. The number of rotatable bonds is 4. The molecule has 0 spiro atoms. The number of carbonyl (C=O) groups excluding carboxylic acids is 1. The third-order valence-electron chi connectivity index (χ3n) is 2.80. The lowest BCUT2D eigenvalue weighted by molar-refractivity contribution is -0.384. The Kier molecular flexibility index (Phi) is 4.38. The fourth-order valence-corrected chi connectivity index (χ4v) is 1.96. The second-order valence-corrected chi connectivity index (χ2v) is 4.67. The number of nitrogens with one attached hydrogen (secondary N) is 1. The van der Waals surface area contributed by atoms with Crippen molar-refractivity contribution in [1.82, 2.24) is 0 Å². The van der Waals surface area contributed by atoms with Crippen LogP contribution < -0.4 is 5.32 Å². The van der Waals surface area contributed by atoms with Gasteiger partial charge >= 0.3 is 5.97 Å². The summed E-state index contributed by atoms with van der Waals surface area (Å²) in [5.74, 6) is -1.63. The quantitative estimate of drug-likeness (QED) is 0.664. The highest BCUT2D eigenvalue weighted by Gasteiger charge is 2.15. The summed E-state index contributed by atoms with van der Waals surface area (Å²) in [7, 11) is 0. The van der Waals surface area contributed by atoms with E-state index in [1.165, 1.54) is 36.4 Å². The zero-order chi connectivity index (χ0) is 16.3. The van der Waals surface area contributed by atoms with Crippen molar-refractivity contribution in [1.29, 1.82) is 0 Å². The van der Waals surface area contributed by atoms with Crippen LogP contribution in [0.1, 0.15) is 20.7 Å². The molecule has 0 saturated carbocycles. The minimum absolute atomic E-state index is 0.0474. The van der Waals surface area contributed by atoms with E-state index >= 15 is 0 Å². The van der Waals surface area contributed by atoms with E-state index in [1.807, 2.05) is 0 Å². The van der Waals surface area contributed by atoms with Gasteiger partial charge in [-0.25, -0.2) is 4.79 Å². The van der Waals surface area contributed by atoms with E-state index < -0.39 is 16.8 Å². The Morgan fingerprint density at radius 3 is 2.27 bits per heavy atom. The molecule has 0 heterocycles. The third kappa shape index (κ3) is 3.39. The molecule has 2 aromatic rings. The number of halogens is 1. The van der Waals surface area contributed by atoms with Crippen molar-refractivity contribution in [2.24, 2.45) is 0 Å². The SMILES string of the molecule is O=C(O)c1ccc(NC(=O)c2ccc([N+](=O)[O-])cc2Cl)cc1. The summed E-state index contributed by atoms with van der Waals surface area (Å²) in [6.07, 6.45) is 0. The first-order valence-electron chi connectivity index (χ1n) is 5.97. The Bertz CT molecular complexity index is 758. The molecular formula is C14H9ClN2O5. The number of hydrogen-bond donors (Lipinski definition) is 2. The van der Waals surface area contributed by atoms with E-state index in [4.69, 9.17) is 16.7 Å². The second-order valence-electron chi connectivity index (χ2n) is 4.26. The zero-order valence-corrected chi connectivity index (χ0v) is 11.7. The van der Waals surface area contributed by atoms with Gasteiger partial charge in [-0.1, -0.05) is 11.6 Å². The van der Waals surface area contributed by atoms with Crippen LogP contribution >= 0.6 is 11.6 Å². The monoisotopic (exact) mass is 320 g/mol. The number of benzene rings is 2. The van der Waals surface area contributed by atoms with E-state index in [0.29, 0.717) is 5.69 Å². The van der Waals surface area contributed by atoms with E-state index in [2.05, 4.69) is 5.32 Å². The van der Waals surface area contributed by atoms with Crippen LogP contribution in [0.4, 0.5) is 11.4 Å². The minimum Gasteiger partial charge on any atom is -0.478 e. The highest BCUT2D eigenvalue weighted by molar-refractivity contribution is 6.34. The van der Waals surface area contributed by atoms with Gasteiger partial charge in [0.1, 0.15) is 0 Å². The molecule has 8 heteroatoms. The summed E-state index contributed by atoms with van der Waals surface area (Å²) < 4.78 is 0. The number of nitrogens with zero attached hydrogens (tertiary/aromatic N) is 1. The molecule has 2 aromatic carbocycles. The van der Waals surface area contributed by atoms with Crippen LogP contribution in [0.2, 0.25) is 5.02 Å². The fraction of sp³-hybridized carbons (Fsp3) is 0. The average Bonchev–Trinajstić information content (AvgIpc) is 2.47. The van der Waals surface area contributed by atoms with Gasteiger partial charge in [0.05, 0.1) is 21.1 Å². The standard InChI is InChI=1S/C14H9ClN2O5/c15-12-7-10(17(21)22)5-6-11(12)13(18)16-9-3-1-8(2-4-9)14(19)20/h1-7H,(H,16,18)(H,19,20). The number of hydrogen-bond acceptors (Lipinski definition) is 4. The van der Waals surface area contributed by atoms with Gasteiger partial charge in [0.25, 0.3) is 11.6 Å². The number of carboxylic acids is 1. The van der Waals surface area contributed by atoms with Crippen LogP contribution in [0, 0.1) is 10.1 Å². The number of anilines is 1. The molecule has 0 aliphatic rings. The zero-order valence-electron chi connectivity index (χ0n) is 10.9. The average molecular weight is 321 g/mol. The van der Waals surface area contributed by atoms with Gasteiger partial charge in [-0.3, -0.25) is 14.9 Å². The fourth-order valence-electron chi connectivity index (χ4n) is 1.70. The van der Waals surface area contributed by atoms with Gasteiger partial charge in [-0.2, -0.15) is 0 Å². The summed E-state index contributed by atoms with van der Waals surface area (Å²) in [5.41, 5.74) is 0.331. The molecule has 0 unspecified atom stereocenters. The van der Waals surface area contributed by atoms with E-state index in [-0.39, 0.29) is 21.8 Å². The molecular weight excluding hydrogens is 312 g/mol. The smallest absolute Gasteiger partial charge is 0.335 e. The van der Waals surface area contributed by atoms with Gasteiger partial charge in [0.15, 0.2) is 0 Å². The van der Waals surface area contributed by atoms with Crippen molar-refractivity contribution in [2.75, 3.05) is 5.32 Å². The van der Waals surface area contributed by atoms with Crippen molar-refractivity contribution < 1.29 is 19.6 Å². The van der Waals surface area contributed by atoms with Crippen molar-refractivity contribution in [2.45, 2.75) is 0 Å². The highest BCUT2D eigenvalue weighted by Crippen LogP contribution is 2.23. The van der Waals surface area contributed by atoms with Gasteiger partial charge < -0.3 is 10.4 Å². The third-order valence-corrected chi connectivity index (χ3v) is 3.11. The lowest BCUT2D eigenvalue weighted by Crippen LogP contribution is -2.12. The van der Waals surface area contributed by atoms with Crippen molar-refractivity contribution in [3.63, 3.8) is 0 Å². The van der Waals surface area contributed by atoms with Gasteiger partial charge in [-0.05, 0) is 30.3 Å². The van der Waals surface area contributed by atoms with E-state index in [0.717, 1.165) is 6.07 Å². The van der Waals surface area contributed by atoms with Crippen LogP contribution in [-0.2, 0) is 0 Å². The second kappa shape index (κ2) is 6.23. The van der Waals surface area contributed by atoms with Gasteiger partial charge in [-0.15, -0.1) is 0 Å². The highest BCUT2D eigenvalue weighted by atomic mass is 35.5. The molecule has 0 aromatic heterocycles. The first-order valence-corrected chi connectivity index (χ1v) is 6.35. The molecule has 0 bridgehead atoms. The number of aromatic carboxylic acids is 1. The predicted octanol–water partition coefficient (Wildman–Crippen LogP) is 3.20. The van der Waals surface area contributed by atoms with Crippen LogP contribution in [0.5, 0.6) is 0 Å². The first-order chi connectivity index (χ1) is 10.4. The summed E-state index contributed by atoms with van der Waals surface area (Å²) >= 11 is 5.86. The van der Waals surface area contributed by atoms with Gasteiger partial charge in [0.2, 0.25) is 0 Å². The molecule has 2 rings (SSSR count). The van der Waals surface area contributed by atoms with Crippen LogP contribution in [-0.4, -0.2) is 21.9 Å². The van der Waals surface area contributed by atoms with E-state index in [1.54, 1.807) is 0 Å². The first kappa shape index (κ1) is 15.5. The molecule has 0 aliphatic heterocycles. The Morgan fingerprint density at radius 2 is 1.77 bits per heavy atom. The maximum atomic E-state index is 12.1. The lowest BCUT2D eigenvalue weighted by atomic mass is 10.1. The summed E-state index contributed by atoms with van der Waals surface area (Å²) in [4.78, 5) is 32.8.